The first-order valence-corrected chi connectivity index (χ1v) is 27.9. The lowest BCUT2D eigenvalue weighted by Crippen LogP contribution is -2.61. The standard InChI is InChI=1S/C68H52BN3O4S/c1-67(2,3)41-22-26-43(27-23-41)71-56-17-13-18-57-66(56)69(55-39-52-49-15-8-11-20-61(49)76-63(52)40-59(55)72(57)44-28-24-42(25-29-44)68(4,5)6)54-33-30-47(38-58(54)71)70(45-31-34-62-51(36-45)48-14-7-10-19-60(48)75-62)46-32-35-65-53(37-46)50-16-9-12-21-64(50)77(65,73)74/h7-40H,1-6H3. The summed E-state index contributed by atoms with van der Waals surface area (Å²) in [7, 11) is -3.70. The molecule has 3 aliphatic heterocycles. The molecule has 372 valence electrons. The average Bonchev–Trinajstić information content (AvgIpc) is 4.09. The predicted molar refractivity (Wildman–Crippen MR) is 318 cm³/mol. The van der Waals surface area contributed by atoms with Gasteiger partial charge in [0, 0.05) is 89.9 Å². The first-order chi connectivity index (χ1) is 37.2. The smallest absolute Gasteiger partial charge is 0.252 e. The van der Waals surface area contributed by atoms with Crippen molar-refractivity contribution in [3.8, 4) is 11.1 Å². The second-order valence-electron chi connectivity index (χ2n) is 23.0. The molecule has 7 nitrogen and oxygen atoms in total. The molecule has 0 spiro atoms. The zero-order valence-corrected chi connectivity index (χ0v) is 44.4. The van der Waals surface area contributed by atoms with E-state index in [0.29, 0.717) is 20.9 Å². The molecule has 12 aromatic rings. The summed E-state index contributed by atoms with van der Waals surface area (Å²) in [5.41, 5.74) is 19.8. The minimum absolute atomic E-state index is 0.00996. The molecule has 0 unspecified atom stereocenters. The molecule has 9 heteroatoms. The van der Waals surface area contributed by atoms with Crippen LogP contribution < -0.4 is 31.1 Å². The third-order valence-corrected chi connectivity index (χ3v) is 18.2. The molecule has 15 rings (SSSR count). The number of anilines is 9. The minimum atomic E-state index is -3.70. The normalized spacial score (nSPS) is 14.2. The highest BCUT2D eigenvalue weighted by Crippen LogP contribution is 2.50. The number of rotatable bonds is 5. The number of fused-ring (bicyclic) bond motifs is 13. The summed E-state index contributed by atoms with van der Waals surface area (Å²) in [6.07, 6.45) is 0. The van der Waals surface area contributed by atoms with Gasteiger partial charge in [-0.15, -0.1) is 0 Å². The van der Waals surface area contributed by atoms with Crippen molar-refractivity contribution in [1.29, 1.82) is 0 Å². The third kappa shape index (κ3) is 6.79. The molecule has 0 saturated carbocycles. The van der Waals surface area contributed by atoms with Gasteiger partial charge in [-0.3, -0.25) is 0 Å². The van der Waals surface area contributed by atoms with Crippen molar-refractivity contribution in [1.82, 2.24) is 0 Å². The van der Waals surface area contributed by atoms with E-state index in [4.69, 9.17) is 8.83 Å². The Bertz CT molecular complexity index is 4580. The van der Waals surface area contributed by atoms with E-state index in [9.17, 15) is 8.42 Å². The van der Waals surface area contributed by atoms with Gasteiger partial charge in [0.1, 0.15) is 22.3 Å². The molecule has 10 aromatic carbocycles. The first-order valence-electron chi connectivity index (χ1n) is 26.4. The van der Waals surface area contributed by atoms with E-state index in [-0.39, 0.29) is 17.5 Å². The highest BCUT2D eigenvalue weighted by Gasteiger charge is 2.44. The molecule has 0 saturated heterocycles. The summed E-state index contributed by atoms with van der Waals surface area (Å²) in [6, 6.07) is 72.4. The fourth-order valence-corrected chi connectivity index (χ4v) is 14.2. The van der Waals surface area contributed by atoms with E-state index in [1.54, 1.807) is 18.2 Å². The van der Waals surface area contributed by atoms with Crippen molar-refractivity contribution in [2.24, 2.45) is 0 Å². The van der Waals surface area contributed by atoms with Gasteiger partial charge in [-0.05, 0) is 141 Å². The van der Waals surface area contributed by atoms with Crippen molar-refractivity contribution < 1.29 is 17.3 Å². The van der Waals surface area contributed by atoms with Gasteiger partial charge in [-0.2, -0.15) is 0 Å². The summed E-state index contributed by atoms with van der Waals surface area (Å²) < 4.78 is 41.2. The highest BCUT2D eigenvalue weighted by molar-refractivity contribution is 7.92. The second kappa shape index (κ2) is 16.1. The van der Waals surface area contributed by atoms with Crippen LogP contribution in [0.4, 0.5) is 51.2 Å². The molecule has 0 radical (unpaired) electrons. The van der Waals surface area contributed by atoms with Crippen molar-refractivity contribution in [2.45, 2.75) is 62.2 Å². The van der Waals surface area contributed by atoms with Gasteiger partial charge in [-0.25, -0.2) is 8.42 Å². The number of furan rings is 2. The molecule has 3 aliphatic rings. The largest absolute Gasteiger partial charge is 0.456 e. The topological polar surface area (TPSA) is 70.1 Å². The van der Waals surface area contributed by atoms with Crippen LogP contribution in [0, 0.1) is 0 Å². The maximum atomic E-state index is 14.1. The van der Waals surface area contributed by atoms with Crippen molar-refractivity contribution in [3.63, 3.8) is 0 Å². The van der Waals surface area contributed by atoms with E-state index in [1.807, 2.05) is 54.6 Å². The molecular formula is C68H52BN3O4S. The summed E-state index contributed by atoms with van der Waals surface area (Å²) >= 11 is 0. The number of nitrogens with zero attached hydrogens (tertiary/aromatic N) is 3. The van der Waals surface area contributed by atoms with Gasteiger partial charge < -0.3 is 23.5 Å². The fourth-order valence-electron chi connectivity index (χ4n) is 12.5. The maximum Gasteiger partial charge on any atom is 0.252 e. The van der Waals surface area contributed by atoms with E-state index >= 15 is 0 Å². The van der Waals surface area contributed by atoms with E-state index in [1.165, 1.54) is 22.1 Å². The van der Waals surface area contributed by atoms with E-state index in [2.05, 4.69) is 190 Å². The van der Waals surface area contributed by atoms with E-state index in [0.717, 1.165) is 101 Å². The van der Waals surface area contributed by atoms with Crippen molar-refractivity contribution in [3.05, 3.63) is 217 Å². The monoisotopic (exact) mass is 1020 g/mol. The molecule has 0 N–H and O–H groups in total. The molecule has 0 atom stereocenters. The van der Waals surface area contributed by atoms with Gasteiger partial charge in [0.05, 0.1) is 9.79 Å². The summed E-state index contributed by atoms with van der Waals surface area (Å²) in [4.78, 5) is 7.80. The van der Waals surface area contributed by atoms with Crippen LogP contribution in [0.3, 0.4) is 0 Å². The zero-order valence-electron chi connectivity index (χ0n) is 43.6. The van der Waals surface area contributed by atoms with Crippen molar-refractivity contribution in [2.75, 3.05) is 14.7 Å². The van der Waals surface area contributed by atoms with Crippen LogP contribution in [0.15, 0.2) is 225 Å². The molecule has 5 heterocycles. The molecule has 0 amide bonds. The molecule has 0 fully saturated rings. The number of para-hydroxylation sites is 2. The minimum Gasteiger partial charge on any atom is -0.456 e. The zero-order chi connectivity index (χ0) is 52.3. The quantitative estimate of drug-likeness (QED) is 0.159. The summed E-state index contributed by atoms with van der Waals surface area (Å²) in [5.74, 6) is 0. The Morgan fingerprint density at radius 1 is 0.403 bits per heavy atom. The Hall–Kier alpha value is -8.79. The van der Waals surface area contributed by atoms with Gasteiger partial charge >= 0.3 is 0 Å². The van der Waals surface area contributed by atoms with Gasteiger partial charge in [0.15, 0.2) is 0 Å². The molecule has 77 heavy (non-hydrogen) atoms. The highest BCUT2D eigenvalue weighted by atomic mass is 32.2. The average molecular weight is 1020 g/mol. The number of sulfone groups is 1. The summed E-state index contributed by atoms with van der Waals surface area (Å²) in [6.45, 7) is 13.4. The van der Waals surface area contributed by atoms with Crippen LogP contribution >= 0.6 is 0 Å². The lowest BCUT2D eigenvalue weighted by atomic mass is 9.33. The predicted octanol–water partition coefficient (Wildman–Crippen LogP) is 16.4. The molecule has 0 aliphatic carbocycles. The SMILES string of the molecule is CC(C)(C)c1ccc(N2c3cc(N(c4ccc5c(c4)-c4ccccc4S5(=O)=O)c4ccc5oc6ccccc6c5c4)ccc3B3c4cc5c(cc4N(c4ccc(C(C)(C)C)cc4)c4cccc2c43)oc2ccccc25)cc1. The lowest BCUT2D eigenvalue weighted by Gasteiger charge is -2.44. The van der Waals surface area contributed by atoms with Crippen LogP contribution in [0.5, 0.6) is 0 Å². The van der Waals surface area contributed by atoms with E-state index < -0.39 is 9.84 Å². The first kappa shape index (κ1) is 45.6. The van der Waals surface area contributed by atoms with Gasteiger partial charge in [0.2, 0.25) is 9.84 Å². The lowest BCUT2D eigenvalue weighted by molar-refractivity contribution is 0.590. The third-order valence-electron chi connectivity index (χ3n) is 16.3. The summed E-state index contributed by atoms with van der Waals surface area (Å²) in [5, 5.41) is 4.18. The Balaban J connectivity index is 1.00. The number of hydrogen-bond acceptors (Lipinski definition) is 7. The van der Waals surface area contributed by atoms with Gasteiger partial charge in [0.25, 0.3) is 6.71 Å². The molecular weight excluding hydrogens is 966 g/mol. The molecule has 2 aromatic heterocycles. The van der Waals surface area contributed by atoms with Gasteiger partial charge in [-0.1, -0.05) is 139 Å². The Labute approximate surface area is 448 Å². The van der Waals surface area contributed by atoms with Crippen molar-refractivity contribution >= 4 is 128 Å². The molecule has 0 bridgehead atoms. The second-order valence-corrected chi connectivity index (χ2v) is 24.8. The number of hydrogen-bond donors (Lipinski definition) is 0. The van der Waals surface area contributed by atoms with Crippen LogP contribution in [-0.2, 0) is 20.7 Å². The Kier molecular flexibility index (Phi) is 9.54. The van der Waals surface area contributed by atoms with Crippen LogP contribution in [0.1, 0.15) is 52.7 Å². The van der Waals surface area contributed by atoms with Crippen LogP contribution in [0.2, 0.25) is 0 Å². The Morgan fingerprint density at radius 2 is 0.909 bits per heavy atom. The Morgan fingerprint density at radius 3 is 1.56 bits per heavy atom. The van der Waals surface area contributed by atoms with Crippen LogP contribution in [0.25, 0.3) is 55.0 Å². The number of benzene rings is 10. The fraction of sp³-hybridized carbons (Fsp3) is 0.118. The maximum absolute atomic E-state index is 14.1. The van der Waals surface area contributed by atoms with Crippen LogP contribution in [-0.4, -0.2) is 15.1 Å².